The molecule has 0 fully saturated rings. The summed E-state index contributed by atoms with van der Waals surface area (Å²) in [5.74, 6) is 0.0114. The zero-order chi connectivity index (χ0) is 16.8. The van der Waals surface area contributed by atoms with Gasteiger partial charge in [0.15, 0.2) is 0 Å². The summed E-state index contributed by atoms with van der Waals surface area (Å²) in [6.45, 7) is 1.30. The number of aliphatic hydroxyl groups excluding tert-OH is 1. The number of nitrogens with one attached hydrogen (secondary N) is 1. The molecule has 1 atom stereocenters. The van der Waals surface area contributed by atoms with E-state index in [4.69, 9.17) is 0 Å². The Balaban J connectivity index is 1.64. The lowest BCUT2D eigenvalue weighted by atomic mass is 10.1. The first-order chi connectivity index (χ1) is 11.8. The predicted molar refractivity (Wildman–Crippen MR) is 94.0 cm³/mol. The summed E-state index contributed by atoms with van der Waals surface area (Å²) in [5, 5.41) is 12.9. The first-order valence-electron chi connectivity index (χ1n) is 8.22. The Morgan fingerprint density at radius 3 is 2.33 bits per heavy atom. The normalized spacial score (nSPS) is 15.8. The van der Waals surface area contributed by atoms with E-state index >= 15 is 0 Å². The molecule has 0 aliphatic carbocycles. The van der Waals surface area contributed by atoms with Crippen molar-refractivity contribution >= 4 is 5.91 Å². The molecule has 0 radical (unpaired) electrons. The van der Waals surface area contributed by atoms with Crippen LogP contribution in [-0.2, 0) is 11.3 Å². The maximum atomic E-state index is 12.4. The van der Waals surface area contributed by atoms with Crippen molar-refractivity contribution in [1.29, 1.82) is 0 Å². The quantitative estimate of drug-likeness (QED) is 0.859. The highest BCUT2D eigenvalue weighted by Crippen LogP contribution is 2.18. The number of benzene rings is 2. The molecular weight excluding hydrogens is 300 g/mol. The van der Waals surface area contributed by atoms with Crippen LogP contribution in [0.1, 0.15) is 23.6 Å². The van der Waals surface area contributed by atoms with Gasteiger partial charge in [0.05, 0.1) is 12.6 Å². The Kier molecular flexibility index (Phi) is 5.29. The van der Waals surface area contributed by atoms with E-state index < -0.39 is 0 Å². The van der Waals surface area contributed by atoms with E-state index in [0.717, 1.165) is 23.2 Å². The van der Waals surface area contributed by atoms with Crippen LogP contribution in [0, 0.1) is 0 Å². The maximum absolute atomic E-state index is 12.4. The van der Waals surface area contributed by atoms with Crippen molar-refractivity contribution in [2.24, 2.45) is 0 Å². The van der Waals surface area contributed by atoms with Gasteiger partial charge in [-0.2, -0.15) is 0 Å². The highest BCUT2D eigenvalue weighted by molar-refractivity contribution is 5.89. The first kappa shape index (κ1) is 16.3. The van der Waals surface area contributed by atoms with E-state index in [-0.39, 0.29) is 18.6 Å². The first-order valence-corrected chi connectivity index (χ1v) is 8.22. The summed E-state index contributed by atoms with van der Waals surface area (Å²) in [5.41, 5.74) is 3.03. The number of carbonyl (C=O) groups is 1. The second kappa shape index (κ2) is 7.79. The molecule has 2 aromatic rings. The molecule has 0 saturated heterocycles. The monoisotopic (exact) mass is 322 g/mol. The lowest BCUT2D eigenvalue weighted by molar-refractivity contribution is -0.127. The number of amides is 1. The maximum Gasteiger partial charge on any atom is 0.248 e. The van der Waals surface area contributed by atoms with E-state index in [2.05, 4.69) is 5.32 Å². The van der Waals surface area contributed by atoms with Crippen molar-refractivity contribution in [3.05, 3.63) is 83.6 Å². The topological polar surface area (TPSA) is 52.6 Å². The average Bonchev–Trinajstić information content (AvgIpc) is 2.63. The molecule has 0 bridgehead atoms. The van der Waals surface area contributed by atoms with Crippen LogP contribution in [0.2, 0.25) is 0 Å². The minimum atomic E-state index is -0.189. The molecule has 1 aliphatic heterocycles. The molecule has 2 aromatic carbocycles. The van der Waals surface area contributed by atoms with Crippen molar-refractivity contribution in [3.63, 3.8) is 0 Å². The number of aliphatic hydroxyl groups is 1. The summed E-state index contributed by atoms with van der Waals surface area (Å²) in [6, 6.07) is 19.6. The number of hydrogen-bond acceptors (Lipinski definition) is 3. The van der Waals surface area contributed by atoms with E-state index in [1.165, 1.54) is 0 Å². The third kappa shape index (κ3) is 4.03. The summed E-state index contributed by atoms with van der Waals surface area (Å²) in [4.78, 5) is 14.2. The Morgan fingerprint density at radius 2 is 1.71 bits per heavy atom. The zero-order valence-corrected chi connectivity index (χ0v) is 13.6. The van der Waals surface area contributed by atoms with E-state index in [1.54, 1.807) is 6.08 Å². The molecule has 24 heavy (non-hydrogen) atoms. The summed E-state index contributed by atoms with van der Waals surface area (Å²) < 4.78 is 0. The molecule has 0 spiro atoms. The molecule has 1 amide bonds. The molecular formula is C20H22N2O2. The lowest BCUT2D eigenvalue weighted by Crippen LogP contribution is -2.37. The van der Waals surface area contributed by atoms with Crippen LogP contribution in [0.5, 0.6) is 0 Å². The molecule has 1 heterocycles. The highest BCUT2D eigenvalue weighted by atomic mass is 16.3. The van der Waals surface area contributed by atoms with Gasteiger partial charge in [0.2, 0.25) is 5.91 Å². The van der Waals surface area contributed by atoms with Gasteiger partial charge in [-0.15, -0.1) is 0 Å². The average molecular weight is 322 g/mol. The molecule has 3 rings (SSSR count). The Bertz CT molecular complexity index is 698. The lowest BCUT2D eigenvalue weighted by Gasteiger charge is -2.29. The van der Waals surface area contributed by atoms with Gasteiger partial charge in [0, 0.05) is 31.3 Å². The fourth-order valence-corrected chi connectivity index (χ4v) is 2.90. The number of rotatable bonds is 6. The van der Waals surface area contributed by atoms with Gasteiger partial charge < -0.3 is 15.3 Å². The van der Waals surface area contributed by atoms with Gasteiger partial charge in [0.1, 0.15) is 0 Å². The van der Waals surface area contributed by atoms with E-state index in [1.807, 2.05) is 65.6 Å². The van der Waals surface area contributed by atoms with Crippen LogP contribution < -0.4 is 5.32 Å². The van der Waals surface area contributed by atoms with Crippen molar-refractivity contribution in [1.82, 2.24) is 10.2 Å². The number of hydrogen-bond donors (Lipinski definition) is 2. The van der Waals surface area contributed by atoms with Crippen molar-refractivity contribution in [3.8, 4) is 0 Å². The Hall–Kier alpha value is -2.59. The SMILES string of the molecule is O=C1C=C(N[C@@H](CO)c2ccccc2)CCN1Cc1ccccc1. The Morgan fingerprint density at radius 1 is 1.04 bits per heavy atom. The van der Waals surface area contributed by atoms with Crippen molar-refractivity contribution in [2.45, 2.75) is 19.0 Å². The Labute approximate surface area is 142 Å². The van der Waals surface area contributed by atoms with Crippen molar-refractivity contribution in [2.75, 3.05) is 13.2 Å². The van der Waals surface area contributed by atoms with Gasteiger partial charge in [-0.1, -0.05) is 60.7 Å². The fourth-order valence-electron chi connectivity index (χ4n) is 2.90. The van der Waals surface area contributed by atoms with Gasteiger partial charge in [-0.3, -0.25) is 4.79 Å². The smallest absolute Gasteiger partial charge is 0.248 e. The molecule has 0 unspecified atom stereocenters. The molecule has 0 saturated carbocycles. The highest BCUT2D eigenvalue weighted by Gasteiger charge is 2.20. The van der Waals surface area contributed by atoms with Gasteiger partial charge in [-0.25, -0.2) is 0 Å². The van der Waals surface area contributed by atoms with Crippen LogP contribution in [0.3, 0.4) is 0 Å². The minimum Gasteiger partial charge on any atom is -0.394 e. The zero-order valence-electron chi connectivity index (χ0n) is 13.6. The predicted octanol–water partition coefficient (Wildman–Crippen LogP) is 2.63. The third-order valence-electron chi connectivity index (χ3n) is 4.22. The van der Waals surface area contributed by atoms with Crippen LogP contribution >= 0.6 is 0 Å². The molecule has 2 N–H and O–H groups in total. The standard InChI is InChI=1S/C20H22N2O2/c23-15-19(17-9-5-2-6-10-17)21-18-11-12-22(20(24)13-18)14-16-7-3-1-4-8-16/h1-10,13,19,21,23H,11-12,14-15H2/t19-/m0/s1. The van der Waals surface area contributed by atoms with Crippen molar-refractivity contribution < 1.29 is 9.90 Å². The fraction of sp³-hybridized carbons (Fsp3) is 0.250. The second-order valence-corrected chi connectivity index (χ2v) is 5.96. The third-order valence-corrected chi connectivity index (χ3v) is 4.22. The summed E-state index contributed by atoms with van der Waals surface area (Å²) >= 11 is 0. The molecule has 124 valence electrons. The van der Waals surface area contributed by atoms with Crippen LogP contribution in [0.15, 0.2) is 72.4 Å². The van der Waals surface area contributed by atoms with Gasteiger partial charge >= 0.3 is 0 Å². The molecule has 0 aromatic heterocycles. The summed E-state index contributed by atoms with van der Waals surface area (Å²) in [7, 11) is 0. The second-order valence-electron chi connectivity index (χ2n) is 5.96. The van der Waals surface area contributed by atoms with Crippen LogP contribution in [0.4, 0.5) is 0 Å². The number of nitrogens with zero attached hydrogens (tertiary/aromatic N) is 1. The van der Waals surface area contributed by atoms with Gasteiger partial charge in [-0.05, 0) is 11.1 Å². The van der Waals surface area contributed by atoms with Gasteiger partial charge in [0.25, 0.3) is 0 Å². The van der Waals surface area contributed by atoms with Crippen LogP contribution in [0.25, 0.3) is 0 Å². The largest absolute Gasteiger partial charge is 0.394 e. The molecule has 4 heteroatoms. The van der Waals surface area contributed by atoms with Crippen LogP contribution in [-0.4, -0.2) is 29.1 Å². The summed E-state index contributed by atoms with van der Waals surface area (Å²) in [6.07, 6.45) is 2.42. The molecule has 4 nitrogen and oxygen atoms in total. The minimum absolute atomic E-state index is 0.0106. The number of carbonyl (C=O) groups excluding carboxylic acids is 1. The van der Waals surface area contributed by atoms with E-state index in [9.17, 15) is 9.90 Å². The van der Waals surface area contributed by atoms with E-state index in [0.29, 0.717) is 13.1 Å². The molecule has 1 aliphatic rings.